The van der Waals surface area contributed by atoms with Crippen molar-refractivity contribution < 1.29 is 14.5 Å². The van der Waals surface area contributed by atoms with Crippen LogP contribution in [0.25, 0.3) is 5.76 Å². The summed E-state index contributed by atoms with van der Waals surface area (Å²) in [5.74, 6) is 0.419. The van der Waals surface area contributed by atoms with Crippen LogP contribution >= 0.6 is 0 Å². The summed E-state index contributed by atoms with van der Waals surface area (Å²) < 4.78 is 6.11. The minimum Gasteiger partial charge on any atom is -0.478 e. The second-order valence-corrected chi connectivity index (χ2v) is 6.05. The molecule has 5 heteroatoms. The number of nitrogens with zero attached hydrogens (tertiary/aromatic N) is 1. The predicted octanol–water partition coefficient (Wildman–Crippen LogP) is 3.97. The summed E-state index contributed by atoms with van der Waals surface area (Å²) in [6, 6.07) is 16.8. The molecule has 0 aromatic heterocycles. The maximum Gasteiger partial charge on any atom is 0.244 e. The standard InChI is InChI=1S/C20H19NO4/c1-14(22)17-12-11-15-7-5-6-10-18(15)20(17)25-19(13-21(23)24)16-8-3-2-4-9-16/h2-10,19H,11-13H2,1H3. The molecule has 128 valence electrons. The molecule has 0 spiro atoms. The molecule has 1 unspecified atom stereocenters. The topological polar surface area (TPSA) is 69.4 Å². The first-order valence-electron chi connectivity index (χ1n) is 8.22. The van der Waals surface area contributed by atoms with Gasteiger partial charge in [-0.25, -0.2) is 0 Å². The third kappa shape index (κ3) is 3.76. The quantitative estimate of drug-likeness (QED) is 0.591. The zero-order valence-corrected chi connectivity index (χ0v) is 14.0. The number of Topliss-reactive ketones (excluding diaryl/α,β-unsaturated/α-hetero) is 1. The van der Waals surface area contributed by atoms with Gasteiger partial charge in [0.25, 0.3) is 0 Å². The number of carbonyl (C=O) groups is 1. The molecule has 0 bridgehead atoms. The third-order valence-electron chi connectivity index (χ3n) is 4.35. The third-order valence-corrected chi connectivity index (χ3v) is 4.35. The van der Waals surface area contributed by atoms with Gasteiger partial charge in [-0.15, -0.1) is 0 Å². The zero-order valence-electron chi connectivity index (χ0n) is 14.0. The number of hydrogen-bond acceptors (Lipinski definition) is 4. The van der Waals surface area contributed by atoms with Crippen molar-refractivity contribution in [2.45, 2.75) is 25.9 Å². The van der Waals surface area contributed by atoms with E-state index in [4.69, 9.17) is 4.74 Å². The molecule has 5 nitrogen and oxygen atoms in total. The van der Waals surface area contributed by atoms with Crippen LogP contribution in [0.5, 0.6) is 0 Å². The number of carbonyl (C=O) groups excluding carboxylic acids is 1. The Morgan fingerprint density at radius 1 is 1.12 bits per heavy atom. The monoisotopic (exact) mass is 337 g/mol. The van der Waals surface area contributed by atoms with E-state index in [9.17, 15) is 14.9 Å². The van der Waals surface area contributed by atoms with E-state index in [1.165, 1.54) is 6.92 Å². The highest BCUT2D eigenvalue weighted by Gasteiger charge is 2.28. The van der Waals surface area contributed by atoms with Gasteiger partial charge in [-0.05, 0) is 30.9 Å². The first kappa shape index (κ1) is 16.9. The van der Waals surface area contributed by atoms with Gasteiger partial charge in [-0.3, -0.25) is 14.9 Å². The van der Waals surface area contributed by atoms with Crippen LogP contribution in [0.2, 0.25) is 0 Å². The molecule has 0 saturated heterocycles. The van der Waals surface area contributed by atoms with Crippen LogP contribution in [-0.4, -0.2) is 17.3 Å². The molecule has 3 rings (SSSR count). The van der Waals surface area contributed by atoms with Crippen LogP contribution in [0.1, 0.15) is 36.1 Å². The summed E-state index contributed by atoms with van der Waals surface area (Å²) >= 11 is 0. The van der Waals surface area contributed by atoms with E-state index in [2.05, 4.69) is 0 Å². The van der Waals surface area contributed by atoms with Crippen molar-refractivity contribution in [1.29, 1.82) is 0 Å². The van der Waals surface area contributed by atoms with Gasteiger partial charge in [-0.1, -0.05) is 54.6 Å². The smallest absolute Gasteiger partial charge is 0.244 e. The maximum absolute atomic E-state index is 12.1. The average molecular weight is 337 g/mol. The summed E-state index contributed by atoms with van der Waals surface area (Å²) in [6.45, 7) is 1.15. The van der Waals surface area contributed by atoms with Crippen LogP contribution in [0.4, 0.5) is 0 Å². The summed E-state index contributed by atoms with van der Waals surface area (Å²) in [6.07, 6.45) is 0.608. The molecule has 0 heterocycles. The summed E-state index contributed by atoms with van der Waals surface area (Å²) in [4.78, 5) is 22.8. The van der Waals surface area contributed by atoms with Gasteiger partial charge in [0.2, 0.25) is 6.54 Å². The van der Waals surface area contributed by atoms with Gasteiger partial charge in [0.05, 0.1) is 0 Å². The number of ketones is 1. The Morgan fingerprint density at radius 2 is 1.80 bits per heavy atom. The molecular formula is C20H19NO4. The Balaban J connectivity index is 2.03. The van der Waals surface area contributed by atoms with Gasteiger partial charge < -0.3 is 4.74 Å². The van der Waals surface area contributed by atoms with Crippen molar-refractivity contribution in [3.63, 3.8) is 0 Å². The van der Waals surface area contributed by atoms with Gasteiger partial charge in [-0.2, -0.15) is 0 Å². The Morgan fingerprint density at radius 3 is 2.48 bits per heavy atom. The van der Waals surface area contributed by atoms with Gasteiger partial charge in [0.15, 0.2) is 11.9 Å². The number of allylic oxidation sites excluding steroid dienone is 1. The molecule has 0 radical (unpaired) electrons. The molecule has 0 aliphatic heterocycles. The fourth-order valence-corrected chi connectivity index (χ4v) is 3.12. The lowest BCUT2D eigenvalue weighted by molar-refractivity contribution is -0.491. The first-order chi connectivity index (χ1) is 12.1. The highest BCUT2D eigenvalue weighted by Crippen LogP contribution is 2.36. The molecule has 2 aromatic rings. The van der Waals surface area contributed by atoms with E-state index >= 15 is 0 Å². The van der Waals surface area contributed by atoms with Crippen LogP contribution < -0.4 is 0 Å². The van der Waals surface area contributed by atoms with Crippen molar-refractivity contribution in [1.82, 2.24) is 0 Å². The fourth-order valence-electron chi connectivity index (χ4n) is 3.12. The van der Waals surface area contributed by atoms with E-state index in [-0.39, 0.29) is 17.3 Å². The number of hydrogen-bond donors (Lipinski definition) is 0. The predicted molar refractivity (Wildman–Crippen MR) is 94.5 cm³/mol. The van der Waals surface area contributed by atoms with E-state index in [0.29, 0.717) is 17.8 Å². The van der Waals surface area contributed by atoms with Crippen molar-refractivity contribution in [3.05, 3.63) is 87.0 Å². The second-order valence-electron chi connectivity index (χ2n) is 6.05. The maximum atomic E-state index is 12.1. The number of ether oxygens (including phenoxy) is 1. The van der Waals surface area contributed by atoms with Crippen LogP contribution in [-0.2, 0) is 16.0 Å². The molecule has 25 heavy (non-hydrogen) atoms. The lowest BCUT2D eigenvalue weighted by Gasteiger charge is -2.25. The van der Waals surface area contributed by atoms with Crippen molar-refractivity contribution in [2.75, 3.05) is 6.54 Å². The summed E-state index contributed by atoms with van der Waals surface area (Å²) in [5.41, 5.74) is 3.26. The van der Waals surface area contributed by atoms with E-state index in [1.54, 1.807) is 12.1 Å². The minimum absolute atomic E-state index is 0.0579. The van der Waals surface area contributed by atoms with Gasteiger partial charge in [0.1, 0.15) is 5.76 Å². The van der Waals surface area contributed by atoms with Crippen LogP contribution in [0.3, 0.4) is 0 Å². The van der Waals surface area contributed by atoms with Gasteiger partial charge >= 0.3 is 0 Å². The molecule has 0 fully saturated rings. The van der Waals surface area contributed by atoms with Crippen molar-refractivity contribution in [2.24, 2.45) is 0 Å². The Kier molecular flexibility index (Phi) is 4.93. The van der Waals surface area contributed by atoms with Crippen molar-refractivity contribution in [3.8, 4) is 0 Å². The Hall–Kier alpha value is -2.95. The highest BCUT2D eigenvalue weighted by atomic mass is 16.6. The lowest BCUT2D eigenvalue weighted by atomic mass is 9.89. The Bertz CT molecular complexity index is 827. The fraction of sp³-hybridized carbons (Fsp3) is 0.250. The molecule has 1 aliphatic rings. The van der Waals surface area contributed by atoms with Crippen LogP contribution in [0, 0.1) is 10.1 Å². The van der Waals surface area contributed by atoms with E-state index in [1.807, 2.05) is 42.5 Å². The molecule has 1 atom stereocenters. The first-order valence-corrected chi connectivity index (χ1v) is 8.22. The van der Waals surface area contributed by atoms with Crippen LogP contribution in [0.15, 0.2) is 60.2 Å². The largest absolute Gasteiger partial charge is 0.478 e. The Labute approximate surface area is 146 Å². The lowest BCUT2D eigenvalue weighted by Crippen LogP contribution is -2.19. The zero-order chi connectivity index (χ0) is 17.8. The number of benzene rings is 2. The molecular weight excluding hydrogens is 318 g/mol. The molecule has 1 aliphatic carbocycles. The number of rotatable bonds is 6. The number of nitro groups is 1. The second kappa shape index (κ2) is 7.30. The van der Waals surface area contributed by atoms with Crippen molar-refractivity contribution >= 4 is 11.5 Å². The number of aryl methyl sites for hydroxylation is 1. The minimum atomic E-state index is -0.744. The normalized spacial score (nSPS) is 14.6. The molecule has 2 aromatic carbocycles. The average Bonchev–Trinajstić information content (AvgIpc) is 2.61. The number of fused-ring (bicyclic) bond motifs is 1. The molecule has 0 amide bonds. The van der Waals surface area contributed by atoms with Gasteiger partial charge in [0, 0.05) is 16.1 Å². The molecule has 0 N–H and O–H groups in total. The van der Waals surface area contributed by atoms with E-state index < -0.39 is 6.10 Å². The summed E-state index contributed by atoms with van der Waals surface area (Å²) in [7, 11) is 0. The summed E-state index contributed by atoms with van der Waals surface area (Å²) in [5, 5.41) is 11.1. The van der Waals surface area contributed by atoms with E-state index in [0.717, 1.165) is 23.1 Å². The highest BCUT2D eigenvalue weighted by molar-refractivity contribution is 6.00. The SMILES string of the molecule is CC(=O)C1=C(OC(C[N+](=O)[O-])c2ccccc2)c2ccccc2CC1. The molecule has 0 saturated carbocycles.